The quantitative estimate of drug-likeness (QED) is 0.926. The van der Waals surface area contributed by atoms with Gasteiger partial charge in [0.15, 0.2) is 0 Å². The smallest absolute Gasteiger partial charge is 0.125 e. The molecule has 0 saturated heterocycles. The zero-order valence-electron chi connectivity index (χ0n) is 11.9. The Morgan fingerprint density at radius 3 is 3.10 bits per heavy atom. The summed E-state index contributed by atoms with van der Waals surface area (Å²) in [5.74, 6) is 1.85. The summed E-state index contributed by atoms with van der Waals surface area (Å²) in [7, 11) is 0. The number of ether oxygens (including phenoxy) is 1. The molecule has 4 heteroatoms. The van der Waals surface area contributed by atoms with Crippen LogP contribution >= 0.6 is 0 Å². The second kappa shape index (κ2) is 5.59. The maximum absolute atomic E-state index is 5.54. The van der Waals surface area contributed by atoms with E-state index >= 15 is 0 Å². The maximum Gasteiger partial charge on any atom is 0.125 e. The van der Waals surface area contributed by atoms with Crippen molar-refractivity contribution < 1.29 is 4.74 Å². The Kier molecular flexibility index (Phi) is 3.65. The van der Waals surface area contributed by atoms with Gasteiger partial charge in [0.1, 0.15) is 11.6 Å². The minimum atomic E-state index is 0.288. The van der Waals surface area contributed by atoms with Crippen LogP contribution in [0.2, 0.25) is 0 Å². The molecule has 0 aliphatic carbocycles. The molecule has 1 atom stereocenters. The summed E-state index contributed by atoms with van der Waals surface area (Å²) in [6, 6.07) is 8.68. The van der Waals surface area contributed by atoms with Gasteiger partial charge >= 0.3 is 0 Å². The molecular weight excluding hydrogens is 250 g/mol. The molecule has 1 aliphatic rings. The van der Waals surface area contributed by atoms with E-state index in [4.69, 9.17) is 4.74 Å². The van der Waals surface area contributed by atoms with Crippen LogP contribution < -0.4 is 10.1 Å². The topological polar surface area (TPSA) is 47.0 Å². The number of hydrogen-bond donors (Lipinski definition) is 1. The van der Waals surface area contributed by atoms with Crippen molar-refractivity contribution in [3.8, 4) is 5.75 Å². The predicted molar refractivity (Wildman–Crippen MR) is 77.7 cm³/mol. The summed E-state index contributed by atoms with van der Waals surface area (Å²) in [6.45, 7) is 5.64. The Hall–Kier alpha value is -1.94. The summed E-state index contributed by atoms with van der Waals surface area (Å²) in [5, 5.41) is 3.50. The molecule has 1 aliphatic heterocycles. The second-order valence-electron chi connectivity index (χ2n) is 5.16. The number of hydrogen-bond acceptors (Lipinski definition) is 4. The Morgan fingerprint density at radius 2 is 2.25 bits per heavy atom. The molecule has 1 N–H and O–H groups in total. The first-order valence-electron chi connectivity index (χ1n) is 7.00. The normalized spacial score (nSPS) is 14.7. The molecule has 2 heterocycles. The lowest BCUT2D eigenvalue weighted by Gasteiger charge is -2.15. The van der Waals surface area contributed by atoms with Gasteiger partial charge in [-0.2, -0.15) is 0 Å². The lowest BCUT2D eigenvalue weighted by atomic mass is 10.0. The van der Waals surface area contributed by atoms with Crippen molar-refractivity contribution in [3.05, 3.63) is 53.1 Å². The SMILES string of the molecule is Cc1nccc(CNC(C)c2ccc3c(c2)CCO3)n1. The Morgan fingerprint density at radius 1 is 1.35 bits per heavy atom. The fraction of sp³-hybridized carbons (Fsp3) is 0.375. The molecule has 0 saturated carbocycles. The highest BCUT2D eigenvalue weighted by molar-refractivity contribution is 5.40. The number of nitrogens with zero attached hydrogens (tertiary/aromatic N) is 2. The van der Waals surface area contributed by atoms with Crippen LogP contribution in [0.1, 0.15) is 35.6 Å². The molecule has 3 rings (SSSR count). The first kappa shape index (κ1) is 13.1. The van der Waals surface area contributed by atoms with Gasteiger partial charge in [-0.1, -0.05) is 12.1 Å². The average molecular weight is 269 g/mol. The highest BCUT2D eigenvalue weighted by Crippen LogP contribution is 2.28. The molecule has 104 valence electrons. The number of rotatable bonds is 4. The molecule has 0 amide bonds. The minimum Gasteiger partial charge on any atom is -0.493 e. The van der Waals surface area contributed by atoms with Crippen LogP contribution in [-0.4, -0.2) is 16.6 Å². The lowest BCUT2D eigenvalue weighted by molar-refractivity contribution is 0.356. The van der Waals surface area contributed by atoms with E-state index in [-0.39, 0.29) is 6.04 Å². The summed E-state index contributed by atoms with van der Waals surface area (Å²) >= 11 is 0. The summed E-state index contributed by atoms with van der Waals surface area (Å²) in [5.41, 5.74) is 3.63. The second-order valence-corrected chi connectivity index (χ2v) is 5.16. The molecule has 4 nitrogen and oxygen atoms in total. The first-order valence-corrected chi connectivity index (χ1v) is 7.00. The number of nitrogens with one attached hydrogen (secondary N) is 1. The lowest BCUT2D eigenvalue weighted by Crippen LogP contribution is -2.19. The summed E-state index contributed by atoms with van der Waals surface area (Å²) in [4.78, 5) is 8.51. The van der Waals surface area contributed by atoms with Crippen molar-refractivity contribution >= 4 is 0 Å². The van der Waals surface area contributed by atoms with E-state index in [0.29, 0.717) is 0 Å². The number of aryl methyl sites for hydroxylation is 1. The largest absolute Gasteiger partial charge is 0.493 e. The van der Waals surface area contributed by atoms with Gasteiger partial charge < -0.3 is 10.1 Å². The van der Waals surface area contributed by atoms with Crippen molar-refractivity contribution in [1.82, 2.24) is 15.3 Å². The highest BCUT2D eigenvalue weighted by Gasteiger charge is 2.14. The van der Waals surface area contributed by atoms with Gasteiger partial charge in [0, 0.05) is 25.2 Å². The summed E-state index contributed by atoms with van der Waals surface area (Å²) < 4.78 is 5.54. The first-order chi connectivity index (χ1) is 9.72. The van der Waals surface area contributed by atoms with Crippen molar-refractivity contribution in [2.75, 3.05) is 6.61 Å². The monoisotopic (exact) mass is 269 g/mol. The average Bonchev–Trinajstić information content (AvgIpc) is 2.92. The molecule has 2 aromatic rings. The Bertz CT molecular complexity index is 612. The van der Waals surface area contributed by atoms with Crippen LogP contribution in [0.15, 0.2) is 30.5 Å². The molecule has 1 unspecified atom stereocenters. The van der Waals surface area contributed by atoms with E-state index in [9.17, 15) is 0 Å². The zero-order valence-corrected chi connectivity index (χ0v) is 11.9. The van der Waals surface area contributed by atoms with E-state index in [1.54, 1.807) is 6.20 Å². The van der Waals surface area contributed by atoms with Crippen LogP contribution in [0, 0.1) is 6.92 Å². The van der Waals surface area contributed by atoms with Crippen molar-refractivity contribution in [1.29, 1.82) is 0 Å². The fourth-order valence-corrected chi connectivity index (χ4v) is 2.45. The van der Waals surface area contributed by atoms with Gasteiger partial charge in [0.05, 0.1) is 12.3 Å². The van der Waals surface area contributed by atoms with Crippen molar-refractivity contribution in [2.24, 2.45) is 0 Å². The van der Waals surface area contributed by atoms with Crippen LogP contribution in [-0.2, 0) is 13.0 Å². The molecule has 1 aromatic carbocycles. The van der Waals surface area contributed by atoms with Gasteiger partial charge in [0.25, 0.3) is 0 Å². The van der Waals surface area contributed by atoms with Crippen molar-refractivity contribution in [2.45, 2.75) is 32.9 Å². The Balaban J connectivity index is 1.66. The molecule has 0 fully saturated rings. The van der Waals surface area contributed by atoms with Gasteiger partial charge in [-0.15, -0.1) is 0 Å². The third kappa shape index (κ3) is 2.80. The molecule has 0 radical (unpaired) electrons. The van der Waals surface area contributed by atoms with Crippen LogP contribution in [0.4, 0.5) is 0 Å². The third-order valence-electron chi connectivity index (χ3n) is 3.64. The van der Waals surface area contributed by atoms with Gasteiger partial charge in [0.2, 0.25) is 0 Å². The molecule has 0 bridgehead atoms. The number of benzene rings is 1. The zero-order chi connectivity index (χ0) is 13.9. The van der Waals surface area contributed by atoms with Gasteiger partial charge in [-0.25, -0.2) is 9.97 Å². The fourth-order valence-electron chi connectivity index (χ4n) is 2.45. The molecule has 0 spiro atoms. The predicted octanol–water partition coefficient (Wildman–Crippen LogP) is 2.57. The number of fused-ring (bicyclic) bond motifs is 1. The number of aromatic nitrogens is 2. The highest BCUT2D eigenvalue weighted by atomic mass is 16.5. The molecule has 20 heavy (non-hydrogen) atoms. The van der Waals surface area contributed by atoms with E-state index in [1.807, 2.05) is 13.0 Å². The Labute approximate surface area is 119 Å². The standard InChI is InChI=1S/C16H19N3O/c1-11(18-10-15-5-7-17-12(2)19-15)13-3-4-16-14(9-13)6-8-20-16/h3-5,7,9,11,18H,6,8,10H2,1-2H3. The van der Waals surface area contributed by atoms with Gasteiger partial charge in [-0.3, -0.25) is 0 Å². The van der Waals surface area contributed by atoms with E-state index < -0.39 is 0 Å². The van der Waals surface area contributed by atoms with Crippen LogP contribution in [0.5, 0.6) is 5.75 Å². The molecular formula is C16H19N3O. The van der Waals surface area contributed by atoms with Crippen LogP contribution in [0.25, 0.3) is 0 Å². The maximum atomic E-state index is 5.54. The van der Waals surface area contributed by atoms with Crippen LogP contribution in [0.3, 0.4) is 0 Å². The van der Waals surface area contributed by atoms with E-state index in [1.165, 1.54) is 11.1 Å². The summed E-state index contributed by atoms with van der Waals surface area (Å²) in [6.07, 6.45) is 2.82. The van der Waals surface area contributed by atoms with Gasteiger partial charge in [-0.05, 0) is 37.1 Å². The van der Waals surface area contributed by atoms with E-state index in [2.05, 4.69) is 40.4 Å². The minimum absolute atomic E-state index is 0.288. The van der Waals surface area contributed by atoms with Crippen molar-refractivity contribution in [3.63, 3.8) is 0 Å². The van der Waals surface area contributed by atoms with E-state index in [0.717, 1.165) is 36.8 Å². The third-order valence-corrected chi connectivity index (χ3v) is 3.64. The molecule has 1 aromatic heterocycles.